The van der Waals surface area contributed by atoms with E-state index in [4.69, 9.17) is 0 Å². The Bertz CT molecular complexity index is 558. The summed E-state index contributed by atoms with van der Waals surface area (Å²) in [6.45, 7) is 7.99. The van der Waals surface area contributed by atoms with Crippen LogP contribution in [0.4, 0.5) is 0 Å². The fourth-order valence-electron chi connectivity index (χ4n) is 2.39. The first-order valence-corrected chi connectivity index (χ1v) is 7.87. The second-order valence-electron chi connectivity index (χ2n) is 5.99. The van der Waals surface area contributed by atoms with E-state index < -0.39 is 11.0 Å². The second kappa shape index (κ2) is 5.62. The molecule has 0 radical (unpaired) electrons. The van der Waals surface area contributed by atoms with E-state index in [0.717, 1.165) is 11.1 Å². The van der Waals surface area contributed by atoms with E-state index in [1.54, 1.807) is 6.92 Å². The highest BCUT2D eigenvalue weighted by molar-refractivity contribution is 7.84. The summed E-state index contributed by atoms with van der Waals surface area (Å²) in [5, 5.41) is 0. The zero-order chi connectivity index (χ0) is 14.9. The Morgan fingerprint density at radius 1 is 1.25 bits per heavy atom. The van der Waals surface area contributed by atoms with Gasteiger partial charge < -0.3 is 0 Å². The minimum absolute atomic E-state index is 0.0484. The standard InChI is InChI=1S/C16H21NO2S/c1-12(18)14-10-11-17(20(19)16(2,3)4)15(14)13-8-6-5-7-9-13/h5-10,15H,11H2,1-4H3/t15-,20-/m1/s1. The summed E-state index contributed by atoms with van der Waals surface area (Å²) in [5.74, 6) is 0.0484. The molecular weight excluding hydrogens is 270 g/mol. The van der Waals surface area contributed by atoms with E-state index in [2.05, 4.69) is 0 Å². The largest absolute Gasteiger partial charge is 0.295 e. The molecule has 1 heterocycles. The van der Waals surface area contributed by atoms with E-state index in [1.807, 2.05) is 61.5 Å². The molecule has 2 atom stereocenters. The fraction of sp³-hybridized carbons (Fsp3) is 0.438. The second-order valence-corrected chi connectivity index (χ2v) is 8.18. The number of ketones is 1. The van der Waals surface area contributed by atoms with Crippen molar-refractivity contribution in [2.45, 2.75) is 38.5 Å². The van der Waals surface area contributed by atoms with Crippen molar-refractivity contribution in [2.75, 3.05) is 6.54 Å². The molecule has 0 aromatic heterocycles. The van der Waals surface area contributed by atoms with Gasteiger partial charge in [-0.3, -0.25) is 4.79 Å². The topological polar surface area (TPSA) is 37.4 Å². The Labute approximate surface area is 123 Å². The van der Waals surface area contributed by atoms with Crippen molar-refractivity contribution in [3.8, 4) is 0 Å². The molecular formula is C16H21NO2S. The maximum atomic E-state index is 12.7. The van der Waals surface area contributed by atoms with Gasteiger partial charge in [0.2, 0.25) is 0 Å². The molecule has 0 N–H and O–H groups in total. The summed E-state index contributed by atoms with van der Waals surface area (Å²) < 4.78 is 14.3. The molecule has 1 aliphatic rings. The molecule has 0 saturated heterocycles. The van der Waals surface area contributed by atoms with Crippen LogP contribution in [0.5, 0.6) is 0 Å². The molecule has 1 aliphatic heterocycles. The lowest BCUT2D eigenvalue weighted by atomic mass is 9.98. The molecule has 108 valence electrons. The van der Waals surface area contributed by atoms with Crippen LogP contribution in [0.2, 0.25) is 0 Å². The van der Waals surface area contributed by atoms with Crippen molar-refractivity contribution in [1.82, 2.24) is 4.31 Å². The van der Waals surface area contributed by atoms with E-state index in [0.29, 0.717) is 6.54 Å². The van der Waals surface area contributed by atoms with Crippen molar-refractivity contribution in [3.63, 3.8) is 0 Å². The minimum atomic E-state index is -1.15. The van der Waals surface area contributed by atoms with E-state index in [-0.39, 0.29) is 16.6 Å². The molecule has 4 heteroatoms. The molecule has 0 spiro atoms. The zero-order valence-electron chi connectivity index (χ0n) is 12.4. The first-order valence-electron chi connectivity index (χ1n) is 6.77. The van der Waals surface area contributed by atoms with E-state index in [1.165, 1.54) is 0 Å². The molecule has 0 saturated carbocycles. The number of carbonyl (C=O) groups excluding carboxylic acids is 1. The predicted molar refractivity (Wildman–Crippen MR) is 82.5 cm³/mol. The van der Waals surface area contributed by atoms with Crippen LogP contribution in [0.25, 0.3) is 0 Å². The molecule has 1 aromatic rings. The van der Waals surface area contributed by atoms with Crippen LogP contribution in [-0.2, 0) is 15.8 Å². The lowest BCUT2D eigenvalue weighted by molar-refractivity contribution is -0.113. The van der Waals surface area contributed by atoms with Crippen LogP contribution in [0.3, 0.4) is 0 Å². The number of carbonyl (C=O) groups is 1. The maximum absolute atomic E-state index is 12.7. The average Bonchev–Trinajstić information content (AvgIpc) is 2.82. The van der Waals surface area contributed by atoms with Gasteiger partial charge in [-0.1, -0.05) is 36.4 Å². The van der Waals surface area contributed by atoms with Gasteiger partial charge in [0.15, 0.2) is 5.78 Å². The molecule has 0 unspecified atom stereocenters. The lowest BCUT2D eigenvalue weighted by Crippen LogP contribution is -2.38. The summed E-state index contributed by atoms with van der Waals surface area (Å²) in [7, 11) is -1.15. The van der Waals surface area contributed by atoms with Gasteiger partial charge in [0.1, 0.15) is 11.0 Å². The Morgan fingerprint density at radius 2 is 1.85 bits per heavy atom. The molecule has 0 amide bonds. The Balaban J connectivity index is 2.41. The molecule has 0 bridgehead atoms. The van der Waals surface area contributed by atoms with Gasteiger partial charge in [-0.25, -0.2) is 8.51 Å². The number of hydrogen-bond donors (Lipinski definition) is 0. The Morgan fingerprint density at radius 3 is 2.35 bits per heavy atom. The number of nitrogens with zero attached hydrogens (tertiary/aromatic N) is 1. The number of benzene rings is 1. The zero-order valence-corrected chi connectivity index (χ0v) is 13.2. The van der Waals surface area contributed by atoms with Crippen molar-refractivity contribution in [2.24, 2.45) is 0 Å². The Kier molecular flexibility index (Phi) is 4.25. The SMILES string of the molecule is CC(=O)C1=CCN([S@](=O)C(C)(C)C)[C@@H]1c1ccccc1. The first-order chi connectivity index (χ1) is 9.32. The van der Waals surface area contributed by atoms with Gasteiger partial charge in [0.05, 0.1) is 10.8 Å². The van der Waals surface area contributed by atoms with Crippen LogP contribution in [0, 0.1) is 0 Å². The third-order valence-corrected chi connectivity index (χ3v) is 5.17. The molecule has 0 aliphatic carbocycles. The fourth-order valence-corrected chi connectivity index (χ4v) is 3.73. The van der Waals surface area contributed by atoms with Crippen molar-refractivity contribution in [3.05, 3.63) is 47.5 Å². The normalized spacial score (nSPS) is 21.6. The van der Waals surface area contributed by atoms with Gasteiger partial charge in [0, 0.05) is 12.1 Å². The maximum Gasteiger partial charge on any atom is 0.157 e. The summed E-state index contributed by atoms with van der Waals surface area (Å²) in [4.78, 5) is 11.9. The summed E-state index contributed by atoms with van der Waals surface area (Å²) in [6, 6.07) is 9.61. The monoisotopic (exact) mass is 291 g/mol. The number of hydrogen-bond acceptors (Lipinski definition) is 2. The molecule has 1 aromatic carbocycles. The van der Waals surface area contributed by atoms with Crippen molar-refractivity contribution < 1.29 is 9.00 Å². The van der Waals surface area contributed by atoms with Crippen LogP contribution >= 0.6 is 0 Å². The van der Waals surface area contributed by atoms with Crippen molar-refractivity contribution >= 4 is 16.8 Å². The van der Waals surface area contributed by atoms with Crippen LogP contribution in [0.15, 0.2) is 42.0 Å². The summed E-state index contributed by atoms with van der Waals surface area (Å²) in [5.41, 5.74) is 1.76. The van der Waals surface area contributed by atoms with Crippen molar-refractivity contribution in [1.29, 1.82) is 0 Å². The third-order valence-electron chi connectivity index (χ3n) is 3.33. The highest BCUT2D eigenvalue weighted by atomic mass is 32.2. The molecule has 0 fully saturated rings. The van der Waals surface area contributed by atoms with Gasteiger partial charge in [-0.15, -0.1) is 0 Å². The number of rotatable bonds is 3. The van der Waals surface area contributed by atoms with Gasteiger partial charge in [-0.05, 0) is 33.3 Å². The third kappa shape index (κ3) is 2.91. The average molecular weight is 291 g/mol. The van der Waals surface area contributed by atoms with Gasteiger partial charge in [0.25, 0.3) is 0 Å². The van der Waals surface area contributed by atoms with Crippen LogP contribution < -0.4 is 0 Å². The first kappa shape index (κ1) is 15.1. The highest BCUT2D eigenvalue weighted by Gasteiger charge is 2.38. The smallest absolute Gasteiger partial charge is 0.157 e. The predicted octanol–water partition coefficient (Wildman–Crippen LogP) is 3.02. The van der Waals surface area contributed by atoms with Gasteiger partial charge in [-0.2, -0.15) is 0 Å². The highest BCUT2D eigenvalue weighted by Crippen LogP contribution is 2.37. The quantitative estimate of drug-likeness (QED) is 0.858. The van der Waals surface area contributed by atoms with E-state index >= 15 is 0 Å². The molecule has 20 heavy (non-hydrogen) atoms. The summed E-state index contributed by atoms with van der Waals surface area (Å²) >= 11 is 0. The molecule has 3 nitrogen and oxygen atoms in total. The number of Topliss-reactive ketones (excluding diaryl/α,β-unsaturated/α-hetero) is 1. The molecule has 2 rings (SSSR count). The van der Waals surface area contributed by atoms with Gasteiger partial charge >= 0.3 is 0 Å². The lowest BCUT2D eigenvalue weighted by Gasteiger charge is -2.31. The van der Waals surface area contributed by atoms with Crippen LogP contribution in [0.1, 0.15) is 39.3 Å². The summed E-state index contributed by atoms with van der Waals surface area (Å²) in [6.07, 6.45) is 1.91. The van der Waals surface area contributed by atoms with Crippen LogP contribution in [-0.4, -0.2) is 25.6 Å². The van der Waals surface area contributed by atoms with E-state index in [9.17, 15) is 9.00 Å². The minimum Gasteiger partial charge on any atom is -0.295 e. The Hall–Kier alpha value is -1.26.